The fourth-order valence-electron chi connectivity index (χ4n) is 1.31. The smallest absolute Gasteiger partial charge is 0.162 e. The molecular formula is C13H17NO3. The van der Waals surface area contributed by atoms with E-state index >= 15 is 0 Å². The van der Waals surface area contributed by atoms with Crippen LogP contribution in [0.3, 0.4) is 0 Å². The molecule has 1 aromatic rings. The van der Waals surface area contributed by atoms with Crippen molar-refractivity contribution in [2.24, 2.45) is 5.90 Å². The minimum atomic E-state index is 0.340. The Bertz CT molecular complexity index is 407. The topological polar surface area (TPSA) is 53.7 Å². The second-order valence-electron chi connectivity index (χ2n) is 3.29. The van der Waals surface area contributed by atoms with Gasteiger partial charge in [0.1, 0.15) is 6.61 Å². The van der Waals surface area contributed by atoms with Crippen molar-refractivity contribution >= 4 is 0 Å². The van der Waals surface area contributed by atoms with E-state index in [0.29, 0.717) is 24.7 Å². The van der Waals surface area contributed by atoms with E-state index < -0.39 is 0 Å². The van der Waals surface area contributed by atoms with Crippen LogP contribution in [0.25, 0.3) is 0 Å². The Kier molecular flexibility index (Phi) is 5.94. The molecule has 0 amide bonds. The molecule has 0 unspecified atom stereocenters. The third kappa shape index (κ3) is 4.35. The largest absolute Gasteiger partial charge is 0.493 e. The van der Waals surface area contributed by atoms with E-state index in [1.54, 1.807) is 7.11 Å². The van der Waals surface area contributed by atoms with Crippen molar-refractivity contribution in [3.8, 4) is 23.3 Å². The number of nitrogens with two attached hydrogens (primary N) is 1. The summed E-state index contributed by atoms with van der Waals surface area (Å²) in [6, 6.07) is 5.52. The van der Waals surface area contributed by atoms with Gasteiger partial charge in [-0.05, 0) is 17.7 Å². The molecule has 0 aliphatic rings. The van der Waals surface area contributed by atoms with Gasteiger partial charge in [0.25, 0.3) is 0 Å². The van der Waals surface area contributed by atoms with E-state index in [-0.39, 0.29) is 0 Å². The van der Waals surface area contributed by atoms with Crippen molar-refractivity contribution < 1.29 is 14.3 Å². The summed E-state index contributed by atoms with van der Waals surface area (Å²) >= 11 is 0. The van der Waals surface area contributed by atoms with Gasteiger partial charge in [-0.1, -0.05) is 18.9 Å². The molecule has 0 heterocycles. The SMILES string of the molecule is CCC#CCOc1ccc(CON)cc1OC. The molecule has 0 aliphatic heterocycles. The van der Waals surface area contributed by atoms with Gasteiger partial charge < -0.3 is 9.47 Å². The standard InChI is InChI=1S/C13H17NO3/c1-3-4-5-8-16-12-7-6-11(10-17-14)9-13(12)15-2/h6-7,9H,3,8,10,14H2,1-2H3. The van der Waals surface area contributed by atoms with Gasteiger partial charge in [0.15, 0.2) is 11.5 Å². The maximum atomic E-state index is 5.49. The molecule has 1 aromatic carbocycles. The zero-order valence-corrected chi connectivity index (χ0v) is 10.2. The molecule has 0 saturated carbocycles. The molecule has 1 rings (SSSR count). The lowest BCUT2D eigenvalue weighted by atomic mass is 10.2. The maximum absolute atomic E-state index is 5.49. The Hall–Kier alpha value is -1.70. The van der Waals surface area contributed by atoms with Gasteiger partial charge in [0, 0.05) is 6.42 Å². The van der Waals surface area contributed by atoms with Crippen LogP contribution >= 0.6 is 0 Å². The lowest BCUT2D eigenvalue weighted by molar-refractivity contribution is 0.124. The zero-order chi connectivity index (χ0) is 12.5. The third-order valence-electron chi connectivity index (χ3n) is 2.08. The molecule has 4 heteroatoms. The minimum absolute atomic E-state index is 0.340. The first-order valence-electron chi connectivity index (χ1n) is 5.39. The molecule has 0 aliphatic carbocycles. The highest BCUT2D eigenvalue weighted by Gasteiger charge is 2.05. The average molecular weight is 235 g/mol. The average Bonchev–Trinajstić information content (AvgIpc) is 2.36. The second kappa shape index (κ2) is 7.55. The van der Waals surface area contributed by atoms with Gasteiger partial charge in [-0.2, -0.15) is 0 Å². The van der Waals surface area contributed by atoms with Crippen LogP contribution in [0.1, 0.15) is 18.9 Å². The van der Waals surface area contributed by atoms with Crippen molar-refractivity contribution in [3.05, 3.63) is 23.8 Å². The van der Waals surface area contributed by atoms with Crippen molar-refractivity contribution in [1.82, 2.24) is 0 Å². The van der Waals surface area contributed by atoms with Crippen LogP contribution < -0.4 is 15.4 Å². The second-order valence-corrected chi connectivity index (χ2v) is 3.29. The lowest BCUT2D eigenvalue weighted by Gasteiger charge is -2.10. The summed E-state index contributed by atoms with van der Waals surface area (Å²) in [6.07, 6.45) is 0.827. The van der Waals surface area contributed by atoms with Gasteiger partial charge in [-0.25, -0.2) is 5.90 Å². The van der Waals surface area contributed by atoms with Crippen molar-refractivity contribution in [1.29, 1.82) is 0 Å². The molecule has 4 nitrogen and oxygen atoms in total. The molecule has 0 bridgehead atoms. The van der Waals surface area contributed by atoms with Gasteiger partial charge in [0.2, 0.25) is 0 Å². The number of benzene rings is 1. The number of hydrogen-bond donors (Lipinski definition) is 1. The normalized spacial score (nSPS) is 9.35. The fourth-order valence-corrected chi connectivity index (χ4v) is 1.31. The lowest BCUT2D eigenvalue weighted by Crippen LogP contribution is -2.01. The molecule has 0 radical (unpaired) electrons. The highest BCUT2D eigenvalue weighted by molar-refractivity contribution is 5.43. The molecule has 92 valence electrons. The quantitative estimate of drug-likeness (QED) is 0.625. The Balaban J connectivity index is 2.71. The van der Waals surface area contributed by atoms with Crippen LogP contribution in [-0.4, -0.2) is 13.7 Å². The Morgan fingerprint density at radius 1 is 1.24 bits per heavy atom. The number of ether oxygens (including phenoxy) is 2. The van der Waals surface area contributed by atoms with E-state index in [0.717, 1.165) is 12.0 Å². The Labute approximate surface area is 102 Å². The summed E-state index contributed by atoms with van der Waals surface area (Å²) in [6.45, 7) is 2.69. The van der Waals surface area contributed by atoms with E-state index in [1.807, 2.05) is 25.1 Å². The first kappa shape index (κ1) is 13.4. The zero-order valence-electron chi connectivity index (χ0n) is 10.2. The summed E-state index contributed by atoms with van der Waals surface area (Å²) < 4.78 is 10.7. The third-order valence-corrected chi connectivity index (χ3v) is 2.08. The van der Waals surface area contributed by atoms with Crippen LogP contribution in [0.5, 0.6) is 11.5 Å². The van der Waals surface area contributed by atoms with E-state index in [1.165, 1.54) is 0 Å². The highest BCUT2D eigenvalue weighted by Crippen LogP contribution is 2.28. The van der Waals surface area contributed by atoms with Crippen LogP contribution in [0.4, 0.5) is 0 Å². The Morgan fingerprint density at radius 3 is 2.71 bits per heavy atom. The van der Waals surface area contributed by atoms with E-state index in [2.05, 4.69) is 16.7 Å². The summed E-state index contributed by atoms with van der Waals surface area (Å²) in [5.41, 5.74) is 0.927. The summed E-state index contributed by atoms with van der Waals surface area (Å²) in [5.74, 6) is 12.2. The molecule has 2 N–H and O–H groups in total. The van der Waals surface area contributed by atoms with Crippen molar-refractivity contribution in [2.45, 2.75) is 20.0 Å². The Morgan fingerprint density at radius 2 is 2.06 bits per heavy atom. The van der Waals surface area contributed by atoms with Gasteiger partial charge in [-0.3, -0.25) is 4.84 Å². The molecule has 0 fully saturated rings. The number of rotatable bonds is 5. The van der Waals surface area contributed by atoms with Crippen molar-refractivity contribution in [3.63, 3.8) is 0 Å². The maximum Gasteiger partial charge on any atom is 0.162 e. The molecule has 0 spiro atoms. The van der Waals surface area contributed by atoms with Gasteiger partial charge in [-0.15, -0.1) is 5.92 Å². The molecule has 17 heavy (non-hydrogen) atoms. The molecule has 0 atom stereocenters. The van der Waals surface area contributed by atoms with Gasteiger partial charge >= 0.3 is 0 Å². The molecule has 0 saturated heterocycles. The summed E-state index contributed by atoms with van der Waals surface area (Å²) in [7, 11) is 1.59. The van der Waals surface area contributed by atoms with Crippen LogP contribution in [0, 0.1) is 11.8 Å². The first-order chi connectivity index (χ1) is 8.31. The number of hydrogen-bond acceptors (Lipinski definition) is 4. The van der Waals surface area contributed by atoms with Gasteiger partial charge in [0.05, 0.1) is 13.7 Å². The predicted octanol–water partition coefficient (Wildman–Crippen LogP) is 1.88. The van der Waals surface area contributed by atoms with Crippen LogP contribution in [0.15, 0.2) is 18.2 Å². The molecule has 0 aromatic heterocycles. The summed E-state index contributed by atoms with van der Waals surface area (Å²) in [4.78, 5) is 4.56. The first-order valence-corrected chi connectivity index (χ1v) is 5.39. The van der Waals surface area contributed by atoms with Crippen molar-refractivity contribution in [2.75, 3.05) is 13.7 Å². The van der Waals surface area contributed by atoms with Crippen LogP contribution in [0.2, 0.25) is 0 Å². The highest BCUT2D eigenvalue weighted by atomic mass is 16.6. The van der Waals surface area contributed by atoms with Crippen LogP contribution in [-0.2, 0) is 11.4 Å². The molecular weight excluding hydrogens is 218 g/mol. The van der Waals surface area contributed by atoms with E-state index in [9.17, 15) is 0 Å². The number of methoxy groups -OCH3 is 1. The fraction of sp³-hybridized carbons (Fsp3) is 0.385. The monoisotopic (exact) mass is 235 g/mol. The predicted molar refractivity (Wildman–Crippen MR) is 65.5 cm³/mol. The summed E-state index contributed by atoms with van der Waals surface area (Å²) in [5, 5.41) is 0. The van der Waals surface area contributed by atoms with E-state index in [4.69, 9.17) is 15.4 Å². The minimum Gasteiger partial charge on any atom is -0.493 e.